The van der Waals surface area contributed by atoms with Gasteiger partial charge in [-0.3, -0.25) is 9.59 Å². The van der Waals surface area contributed by atoms with Gasteiger partial charge in [0.25, 0.3) is 5.91 Å². The lowest BCUT2D eigenvalue weighted by molar-refractivity contribution is -0.138. The normalized spacial score (nSPS) is 16.4. The second kappa shape index (κ2) is 7.02. The second-order valence-corrected chi connectivity index (χ2v) is 5.47. The van der Waals surface area contributed by atoms with Crippen molar-refractivity contribution in [1.82, 2.24) is 9.80 Å². The lowest BCUT2D eigenvalue weighted by Crippen LogP contribution is -2.36. The first-order valence-electron chi connectivity index (χ1n) is 7.58. The topological polar surface area (TPSA) is 40.6 Å². The third-order valence-electron chi connectivity index (χ3n) is 3.83. The molecule has 7 heteroatoms. The number of hydrogen-bond acceptors (Lipinski definition) is 2. The van der Waals surface area contributed by atoms with E-state index in [0.717, 1.165) is 12.5 Å². The molecule has 0 radical (unpaired) electrons. The summed E-state index contributed by atoms with van der Waals surface area (Å²) in [5, 5.41) is 0. The fourth-order valence-corrected chi connectivity index (χ4v) is 2.66. The van der Waals surface area contributed by atoms with Crippen LogP contribution in [0.4, 0.5) is 13.2 Å². The van der Waals surface area contributed by atoms with Crippen molar-refractivity contribution in [2.75, 3.05) is 26.2 Å². The Bertz CT molecular complexity index is 587. The molecule has 1 heterocycles. The number of halogens is 3. The molecule has 1 aliphatic rings. The van der Waals surface area contributed by atoms with Gasteiger partial charge in [-0.15, -0.1) is 0 Å². The zero-order valence-electron chi connectivity index (χ0n) is 12.9. The van der Waals surface area contributed by atoms with Crippen LogP contribution in [0, 0.1) is 0 Å². The van der Waals surface area contributed by atoms with Gasteiger partial charge in [-0.05, 0) is 18.6 Å². The summed E-state index contributed by atoms with van der Waals surface area (Å²) in [6.45, 7) is 3.29. The van der Waals surface area contributed by atoms with Gasteiger partial charge in [0, 0.05) is 32.6 Å². The second-order valence-electron chi connectivity index (χ2n) is 5.47. The van der Waals surface area contributed by atoms with Gasteiger partial charge in [0.15, 0.2) is 0 Å². The number of amides is 2. The van der Waals surface area contributed by atoms with Gasteiger partial charge in [0.05, 0.1) is 11.1 Å². The van der Waals surface area contributed by atoms with E-state index < -0.39 is 17.6 Å². The zero-order chi connectivity index (χ0) is 17.0. The minimum atomic E-state index is -4.58. The Morgan fingerprint density at radius 2 is 1.87 bits per heavy atom. The van der Waals surface area contributed by atoms with Crippen LogP contribution >= 0.6 is 0 Å². The van der Waals surface area contributed by atoms with E-state index in [2.05, 4.69) is 0 Å². The number of rotatable bonds is 3. The fourth-order valence-electron chi connectivity index (χ4n) is 2.66. The average Bonchev–Trinajstić information content (AvgIpc) is 2.69. The molecule has 0 N–H and O–H groups in total. The molecule has 1 aromatic carbocycles. The summed E-state index contributed by atoms with van der Waals surface area (Å²) in [5.41, 5.74) is -1.30. The van der Waals surface area contributed by atoms with Crippen molar-refractivity contribution in [2.24, 2.45) is 0 Å². The quantitative estimate of drug-likeness (QED) is 0.856. The summed E-state index contributed by atoms with van der Waals surface area (Å²) >= 11 is 0. The zero-order valence-corrected chi connectivity index (χ0v) is 12.9. The van der Waals surface area contributed by atoms with E-state index in [9.17, 15) is 22.8 Å². The Labute approximate surface area is 132 Å². The molecule has 0 aliphatic carbocycles. The highest BCUT2D eigenvalue weighted by atomic mass is 19.4. The van der Waals surface area contributed by atoms with Gasteiger partial charge in [-0.2, -0.15) is 13.2 Å². The molecule has 2 rings (SSSR count). The van der Waals surface area contributed by atoms with Crippen molar-refractivity contribution in [3.05, 3.63) is 35.4 Å². The Kier molecular flexibility index (Phi) is 5.28. The van der Waals surface area contributed by atoms with Crippen molar-refractivity contribution in [3.63, 3.8) is 0 Å². The molecule has 0 unspecified atom stereocenters. The Morgan fingerprint density at radius 3 is 2.52 bits per heavy atom. The molecular formula is C16H19F3N2O2. The van der Waals surface area contributed by atoms with E-state index in [1.807, 2.05) is 6.92 Å². The van der Waals surface area contributed by atoms with Gasteiger partial charge >= 0.3 is 6.18 Å². The van der Waals surface area contributed by atoms with Crippen molar-refractivity contribution in [2.45, 2.75) is 25.9 Å². The van der Waals surface area contributed by atoms with Crippen molar-refractivity contribution in [3.8, 4) is 0 Å². The summed E-state index contributed by atoms with van der Waals surface area (Å²) in [6, 6.07) is 4.75. The van der Waals surface area contributed by atoms with Crippen LogP contribution in [-0.4, -0.2) is 47.8 Å². The molecule has 1 saturated heterocycles. The SMILES string of the molecule is CCCN1CCN(C(=O)c2ccccc2C(F)(F)F)CCC1=O. The van der Waals surface area contributed by atoms with E-state index in [-0.39, 0.29) is 31.0 Å². The minimum absolute atomic E-state index is 0.0637. The van der Waals surface area contributed by atoms with Gasteiger partial charge in [-0.1, -0.05) is 19.1 Å². The summed E-state index contributed by atoms with van der Waals surface area (Å²) in [5.74, 6) is -0.740. The summed E-state index contributed by atoms with van der Waals surface area (Å²) in [6.07, 6.45) is -3.64. The minimum Gasteiger partial charge on any atom is -0.341 e. The van der Waals surface area contributed by atoms with Crippen LogP contribution in [0.1, 0.15) is 35.7 Å². The monoisotopic (exact) mass is 328 g/mol. The molecule has 0 atom stereocenters. The van der Waals surface area contributed by atoms with Gasteiger partial charge < -0.3 is 9.80 Å². The maximum atomic E-state index is 13.0. The fraction of sp³-hybridized carbons (Fsp3) is 0.500. The van der Waals surface area contributed by atoms with E-state index in [1.165, 1.54) is 23.1 Å². The van der Waals surface area contributed by atoms with Crippen LogP contribution in [0.25, 0.3) is 0 Å². The highest BCUT2D eigenvalue weighted by molar-refractivity contribution is 5.96. The molecule has 23 heavy (non-hydrogen) atoms. The number of nitrogens with zero attached hydrogens (tertiary/aromatic N) is 2. The Morgan fingerprint density at radius 1 is 1.17 bits per heavy atom. The maximum Gasteiger partial charge on any atom is 0.417 e. The van der Waals surface area contributed by atoms with E-state index in [0.29, 0.717) is 13.1 Å². The van der Waals surface area contributed by atoms with Crippen LogP contribution in [0.5, 0.6) is 0 Å². The first-order valence-corrected chi connectivity index (χ1v) is 7.58. The van der Waals surface area contributed by atoms with E-state index >= 15 is 0 Å². The van der Waals surface area contributed by atoms with Crippen molar-refractivity contribution < 1.29 is 22.8 Å². The van der Waals surface area contributed by atoms with Crippen LogP contribution < -0.4 is 0 Å². The smallest absolute Gasteiger partial charge is 0.341 e. The maximum absolute atomic E-state index is 13.0. The van der Waals surface area contributed by atoms with E-state index in [4.69, 9.17) is 0 Å². The van der Waals surface area contributed by atoms with Crippen LogP contribution in [0.3, 0.4) is 0 Å². The molecule has 1 aliphatic heterocycles. The molecule has 0 spiro atoms. The van der Waals surface area contributed by atoms with E-state index in [1.54, 1.807) is 4.90 Å². The van der Waals surface area contributed by atoms with Gasteiger partial charge in [-0.25, -0.2) is 0 Å². The van der Waals surface area contributed by atoms with Crippen LogP contribution in [0.15, 0.2) is 24.3 Å². The molecule has 0 aromatic heterocycles. The number of carbonyl (C=O) groups excluding carboxylic acids is 2. The standard InChI is InChI=1S/C16H19F3N2O2/c1-2-8-20-10-11-21(9-7-14(20)22)15(23)12-5-3-4-6-13(12)16(17,18)19/h3-6H,2,7-11H2,1H3. The lowest BCUT2D eigenvalue weighted by atomic mass is 10.1. The highest BCUT2D eigenvalue weighted by Gasteiger charge is 2.36. The third-order valence-corrected chi connectivity index (χ3v) is 3.83. The number of alkyl halides is 3. The summed E-state index contributed by atoms with van der Waals surface area (Å²) in [7, 11) is 0. The van der Waals surface area contributed by atoms with Crippen molar-refractivity contribution >= 4 is 11.8 Å². The van der Waals surface area contributed by atoms with Crippen molar-refractivity contribution in [1.29, 1.82) is 0 Å². The molecular weight excluding hydrogens is 309 g/mol. The highest BCUT2D eigenvalue weighted by Crippen LogP contribution is 2.32. The molecule has 4 nitrogen and oxygen atoms in total. The Hall–Kier alpha value is -2.05. The first-order chi connectivity index (χ1) is 10.8. The number of hydrogen-bond donors (Lipinski definition) is 0. The first kappa shape index (κ1) is 17.3. The predicted molar refractivity (Wildman–Crippen MR) is 78.8 cm³/mol. The molecule has 1 fully saturated rings. The van der Waals surface area contributed by atoms with Crippen LogP contribution in [0.2, 0.25) is 0 Å². The number of carbonyl (C=O) groups is 2. The Balaban J connectivity index is 2.20. The summed E-state index contributed by atoms with van der Waals surface area (Å²) in [4.78, 5) is 27.4. The molecule has 1 aromatic rings. The van der Waals surface area contributed by atoms with Crippen LogP contribution in [-0.2, 0) is 11.0 Å². The summed E-state index contributed by atoms with van der Waals surface area (Å²) < 4.78 is 39.1. The third kappa shape index (κ3) is 4.03. The van der Waals surface area contributed by atoms with Gasteiger partial charge in [0.1, 0.15) is 0 Å². The largest absolute Gasteiger partial charge is 0.417 e. The molecule has 0 bridgehead atoms. The molecule has 0 saturated carbocycles. The lowest BCUT2D eigenvalue weighted by Gasteiger charge is -2.23. The van der Waals surface area contributed by atoms with Gasteiger partial charge in [0.2, 0.25) is 5.91 Å². The average molecular weight is 328 g/mol. The molecule has 2 amide bonds. The predicted octanol–water partition coefficient (Wildman–Crippen LogP) is 2.79. The number of benzene rings is 1. The molecule has 126 valence electrons.